The first-order chi connectivity index (χ1) is 26.3. The van der Waals surface area contributed by atoms with Gasteiger partial charge in [-0.3, -0.25) is 9.59 Å². The van der Waals surface area contributed by atoms with E-state index < -0.39 is 24.3 Å². The number of β-amino-alcohol motifs (C(OH)–C–C–N with tert-alkyl or cyclic N) is 1. The highest BCUT2D eigenvalue weighted by molar-refractivity contribution is 7.60. The SMILES string of the molecule is COC(=O)N[C@H](C(=O)N1C[C@@H](O)C[C@H]1c1ncc(-c2ccc(C#Cc3ccc4nc([C@@H]5C[C@@]6(CCCO6)CN5C(=O)[C@@H](C)C(C)C)[nH]c4c3)cc2)[nH]1)C(C)C.S.S.S.S.S.S. The number of fused-ring (bicyclic) bond motifs is 1. The Bertz CT molecular complexity index is 2130. The summed E-state index contributed by atoms with van der Waals surface area (Å²) in [7, 11) is 1.25. The molecule has 0 aliphatic carbocycles. The van der Waals surface area contributed by atoms with Crippen molar-refractivity contribution in [3.63, 3.8) is 0 Å². The van der Waals surface area contributed by atoms with E-state index in [4.69, 9.17) is 14.5 Å². The van der Waals surface area contributed by atoms with Gasteiger partial charge in [0.2, 0.25) is 11.8 Å². The van der Waals surface area contributed by atoms with Gasteiger partial charge < -0.3 is 39.7 Å². The molecular formula is C42H63N7O6S6. The predicted molar refractivity (Wildman–Crippen MR) is 269 cm³/mol. The molecule has 19 heteroatoms. The minimum absolute atomic E-state index is 0. The van der Waals surface area contributed by atoms with Gasteiger partial charge in [-0.05, 0) is 60.6 Å². The van der Waals surface area contributed by atoms with Crippen LogP contribution in [0.3, 0.4) is 0 Å². The highest BCUT2D eigenvalue weighted by Gasteiger charge is 2.50. The maximum Gasteiger partial charge on any atom is 0.407 e. The Kier molecular flexibility index (Phi) is 21.6. The molecule has 13 nitrogen and oxygen atoms in total. The molecule has 0 unspecified atom stereocenters. The number of amides is 3. The number of hydrogen-bond donors (Lipinski definition) is 4. The van der Waals surface area contributed by atoms with Crippen LogP contribution in [-0.2, 0) is 19.1 Å². The van der Waals surface area contributed by atoms with Gasteiger partial charge in [0, 0.05) is 43.0 Å². The molecule has 6 atom stereocenters. The minimum atomic E-state index is -0.805. The van der Waals surface area contributed by atoms with Crippen molar-refractivity contribution < 1.29 is 29.0 Å². The Morgan fingerprint density at radius 2 is 1.56 bits per heavy atom. The number of nitrogens with one attached hydrogen (secondary N) is 3. The molecule has 3 aliphatic rings. The number of carbonyl (C=O) groups excluding carboxylic acids is 3. The first-order valence-corrected chi connectivity index (χ1v) is 19.3. The summed E-state index contributed by atoms with van der Waals surface area (Å²) in [4.78, 5) is 59.1. The molecule has 4 N–H and O–H groups in total. The maximum atomic E-state index is 13.6. The number of nitrogens with zero attached hydrogens (tertiary/aromatic N) is 4. The standard InChI is InChI=1S/C42H51N7O6.6H2S/c1-24(2)26(5)39(51)49-23-42(16-7-17-55-42)20-35(49)38-44-31-15-12-28(18-32(31)45-38)9-8-27-10-13-29(14-11-27)33-21-43-37(46-33)34-19-30(50)22-48(34)40(52)36(25(3)4)47-41(53)54-6;;;;;;/h10-15,18,21,24-26,30,34-36,50H,7,16-17,19-20,22-23H2,1-6H3,(H,43,46)(H,44,45)(H,47,53);6*1H2/t26-,30-,34-,35-,36-,42-;;;;;;/m0....../s1. The summed E-state index contributed by atoms with van der Waals surface area (Å²) < 4.78 is 11.0. The Hall–Kier alpha value is -3.09. The van der Waals surface area contributed by atoms with Crippen LogP contribution in [0.2, 0.25) is 0 Å². The first kappa shape index (κ1) is 55.9. The van der Waals surface area contributed by atoms with Gasteiger partial charge in [0.15, 0.2) is 0 Å². The van der Waals surface area contributed by atoms with Crippen LogP contribution in [0.4, 0.5) is 4.79 Å². The number of aromatic nitrogens is 4. The fourth-order valence-electron chi connectivity index (χ4n) is 8.00. The summed E-state index contributed by atoms with van der Waals surface area (Å²) in [6.07, 6.45) is 3.35. The number of ether oxygens (including phenoxy) is 2. The number of alkyl carbamates (subject to hydrolysis) is 1. The zero-order valence-corrected chi connectivity index (χ0v) is 41.4. The van der Waals surface area contributed by atoms with E-state index in [1.54, 1.807) is 11.1 Å². The molecule has 3 saturated heterocycles. The van der Waals surface area contributed by atoms with Crippen molar-refractivity contribution in [3.8, 4) is 23.1 Å². The lowest BCUT2D eigenvalue weighted by Gasteiger charge is -2.29. The lowest BCUT2D eigenvalue weighted by molar-refractivity contribution is -0.138. The van der Waals surface area contributed by atoms with Crippen LogP contribution in [0.15, 0.2) is 48.7 Å². The van der Waals surface area contributed by atoms with Crippen molar-refractivity contribution in [2.24, 2.45) is 17.8 Å². The quantitative estimate of drug-likeness (QED) is 0.153. The van der Waals surface area contributed by atoms with Gasteiger partial charge in [0.25, 0.3) is 0 Å². The first-order valence-electron chi connectivity index (χ1n) is 19.3. The lowest BCUT2D eigenvalue weighted by Crippen LogP contribution is -2.51. The molecule has 2 aromatic heterocycles. The maximum absolute atomic E-state index is 13.6. The zero-order chi connectivity index (χ0) is 39.0. The Labute approximate surface area is 400 Å². The summed E-state index contributed by atoms with van der Waals surface area (Å²) in [5, 5.41) is 13.2. The predicted octanol–water partition coefficient (Wildman–Crippen LogP) is 6.16. The number of aromatic amines is 2. The third-order valence-corrected chi connectivity index (χ3v) is 11.5. The molecule has 3 fully saturated rings. The number of likely N-dealkylation sites (tertiary alicyclic amines) is 2. The molecule has 1 spiro atoms. The summed E-state index contributed by atoms with van der Waals surface area (Å²) >= 11 is 0. The van der Waals surface area contributed by atoms with E-state index in [1.165, 1.54) is 7.11 Å². The van der Waals surface area contributed by atoms with E-state index in [2.05, 4.69) is 46.0 Å². The fraction of sp³-hybridized carbons (Fsp3) is 0.500. The topological polar surface area (TPSA) is 166 Å². The molecule has 3 amide bonds. The van der Waals surface area contributed by atoms with Gasteiger partial charge in [-0.1, -0.05) is 58.6 Å². The van der Waals surface area contributed by atoms with E-state index in [0.29, 0.717) is 18.8 Å². The molecule has 4 aromatic rings. The highest BCUT2D eigenvalue weighted by atomic mass is 32.1. The van der Waals surface area contributed by atoms with Crippen molar-refractivity contribution in [2.75, 3.05) is 26.8 Å². The van der Waals surface area contributed by atoms with Gasteiger partial charge in [-0.15, -0.1) is 0 Å². The molecule has 3 aliphatic heterocycles. The summed E-state index contributed by atoms with van der Waals surface area (Å²) in [6, 6.07) is 12.3. The molecule has 7 rings (SSSR count). The largest absolute Gasteiger partial charge is 0.453 e. The third-order valence-electron chi connectivity index (χ3n) is 11.5. The molecule has 0 saturated carbocycles. The Morgan fingerprint density at radius 1 is 0.885 bits per heavy atom. The second-order valence-corrected chi connectivity index (χ2v) is 16.0. The average Bonchev–Trinajstić information content (AvgIpc) is 4.03. The minimum Gasteiger partial charge on any atom is -0.453 e. The Morgan fingerprint density at radius 3 is 2.18 bits per heavy atom. The number of benzene rings is 2. The smallest absolute Gasteiger partial charge is 0.407 e. The number of carbonyl (C=O) groups is 3. The van der Waals surface area contributed by atoms with E-state index in [9.17, 15) is 19.5 Å². The third kappa shape index (κ3) is 12.1. The molecule has 61 heavy (non-hydrogen) atoms. The van der Waals surface area contributed by atoms with Crippen molar-refractivity contribution in [3.05, 3.63) is 71.4 Å². The summed E-state index contributed by atoms with van der Waals surface area (Å²) in [5.41, 5.74) is 4.75. The van der Waals surface area contributed by atoms with E-state index in [-0.39, 0.29) is 129 Å². The van der Waals surface area contributed by atoms with Crippen LogP contribution >= 0.6 is 81.0 Å². The second kappa shape index (κ2) is 23.6. The van der Waals surface area contributed by atoms with Crippen LogP contribution in [0, 0.1) is 29.6 Å². The molecule has 5 heterocycles. The van der Waals surface area contributed by atoms with Crippen molar-refractivity contribution in [1.29, 1.82) is 0 Å². The molecular weight excluding hydrogens is 891 g/mol. The molecule has 0 radical (unpaired) electrons. The van der Waals surface area contributed by atoms with Crippen LogP contribution in [0.1, 0.15) is 95.2 Å². The van der Waals surface area contributed by atoms with Crippen molar-refractivity contribution in [2.45, 2.75) is 90.1 Å². The molecule has 338 valence electrons. The lowest BCUT2D eigenvalue weighted by atomic mass is 9.96. The number of methoxy groups -OCH3 is 1. The molecule has 2 aromatic carbocycles. The van der Waals surface area contributed by atoms with Crippen molar-refractivity contribution >= 4 is 110 Å². The molecule has 0 bridgehead atoms. The number of hydrogen-bond acceptors (Lipinski definition) is 8. The van der Waals surface area contributed by atoms with Gasteiger partial charge >= 0.3 is 6.09 Å². The van der Waals surface area contributed by atoms with Crippen LogP contribution in [-0.4, -0.2) is 97.3 Å². The van der Waals surface area contributed by atoms with Crippen LogP contribution in [0.5, 0.6) is 0 Å². The summed E-state index contributed by atoms with van der Waals surface area (Å²) in [5.74, 6) is 7.70. The van der Waals surface area contributed by atoms with E-state index >= 15 is 0 Å². The number of imidazole rings is 2. The second-order valence-electron chi connectivity index (χ2n) is 16.0. The van der Waals surface area contributed by atoms with Gasteiger partial charge in [0.05, 0.1) is 60.4 Å². The van der Waals surface area contributed by atoms with E-state index in [1.807, 2.05) is 68.1 Å². The number of rotatable bonds is 8. The number of aliphatic hydroxyl groups is 1. The van der Waals surface area contributed by atoms with E-state index in [0.717, 1.165) is 65.1 Å². The normalized spacial score (nSPS) is 21.1. The van der Waals surface area contributed by atoms with Gasteiger partial charge in [0.1, 0.15) is 17.7 Å². The fourth-order valence-corrected chi connectivity index (χ4v) is 8.00. The number of aliphatic hydroxyl groups excluding tert-OH is 1. The zero-order valence-electron chi connectivity index (χ0n) is 35.4. The van der Waals surface area contributed by atoms with Crippen molar-refractivity contribution in [1.82, 2.24) is 35.1 Å². The van der Waals surface area contributed by atoms with Gasteiger partial charge in [-0.25, -0.2) is 14.8 Å². The van der Waals surface area contributed by atoms with Crippen LogP contribution in [0.25, 0.3) is 22.3 Å². The van der Waals surface area contributed by atoms with Crippen LogP contribution < -0.4 is 5.32 Å². The van der Waals surface area contributed by atoms with Gasteiger partial charge in [-0.2, -0.15) is 81.0 Å². The average molecular weight is 954 g/mol. The highest BCUT2D eigenvalue weighted by Crippen LogP contribution is 2.45. The monoisotopic (exact) mass is 953 g/mol. The Balaban J connectivity index is 0.00000310. The number of H-pyrrole nitrogens is 2. The summed E-state index contributed by atoms with van der Waals surface area (Å²) in [6.45, 7) is 11.3.